The first-order chi connectivity index (χ1) is 14.2. The third-order valence-corrected chi connectivity index (χ3v) is 3.15. The van der Waals surface area contributed by atoms with Gasteiger partial charge in [0.2, 0.25) is 5.91 Å². The first-order valence-electron chi connectivity index (χ1n) is 8.80. The molecule has 0 aliphatic carbocycles. The topological polar surface area (TPSA) is 161 Å². The molecular formula is C17H34N2O10S. The lowest BCUT2D eigenvalue weighted by Gasteiger charge is -2.19. The van der Waals surface area contributed by atoms with E-state index < -0.39 is 11.9 Å². The summed E-state index contributed by atoms with van der Waals surface area (Å²) in [6, 6.07) is 0. The van der Waals surface area contributed by atoms with Crippen molar-refractivity contribution in [3.05, 3.63) is 0 Å². The summed E-state index contributed by atoms with van der Waals surface area (Å²) >= 11 is 3.47. The number of carboxylic acid groups (broad SMARTS) is 2. The second-order valence-electron chi connectivity index (χ2n) is 5.45. The van der Waals surface area contributed by atoms with Gasteiger partial charge in [-0.1, -0.05) is 12.8 Å². The Bertz CT molecular complexity index is 466. The van der Waals surface area contributed by atoms with Gasteiger partial charge in [0.15, 0.2) is 0 Å². The monoisotopic (exact) mass is 458 g/mol. The highest BCUT2D eigenvalue weighted by molar-refractivity contribution is 7.78. The number of unbranched alkanes of at least 4 members (excludes halogenated alkanes) is 1. The molecule has 0 aliphatic rings. The van der Waals surface area contributed by atoms with Crippen molar-refractivity contribution in [1.29, 1.82) is 0 Å². The molecule has 3 N–H and O–H groups in total. The van der Waals surface area contributed by atoms with E-state index in [-0.39, 0.29) is 44.5 Å². The Morgan fingerprint density at radius 3 is 1.77 bits per heavy atom. The maximum Gasteiger partial charge on any atom is 0.323 e. The second-order valence-corrected chi connectivity index (χ2v) is 5.67. The maximum absolute atomic E-state index is 11.3. The molecule has 30 heavy (non-hydrogen) atoms. The van der Waals surface area contributed by atoms with E-state index in [9.17, 15) is 19.2 Å². The van der Waals surface area contributed by atoms with E-state index in [1.807, 2.05) is 0 Å². The molecular weight excluding hydrogens is 424 g/mol. The summed E-state index contributed by atoms with van der Waals surface area (Å²) < 4.78 is 20.6. The fraction of sp³-hybridized carbons (Fsp3) is 0.765. The third kappa shape index (κ3) is 28.3. The quantitative estimate of drug-likeness (QED) is 0.200. The average molecular weight is 459 g/mol. The number of rotatable bonds is 14. The van der Waals surface area contributed by atoms with Gasteiger partial charge in [-0.3, -0.25) is 19.2 Å². The number of ether oxygens (including phenoxy) is 4. The van der Waals surface area contributed by atoms with Crippen LogP contribution in [0.25, 0.3) is 0 Å². The summed E-state index contributed by atoms with van der Waals surface area (Å²) in [6.45, 7) is 0.854. The molecule has 0 radical (unpaired) electrons. The van der Waals surface area contributed by atoms with Crippen molar-refractivity contribution in [3.63, 3.8) is 0 Å². The molecule has 12 nitrogen and oxygen atoms in total. The molecule has 0 unspecified atom stereocenters. The van der Waals surface area contributed by atoms with Crippen LogP contribution in [0.4, 0.5) is 0 Å². The molecule has 0 aromatic rings. The van der Waals surface area contributed by atoms with Crippen LogP contribution < -0.4 is 4.72 Å². The number of thiol groups is 1. The Labute approximate surface area is 182 Å². The van der Waals surface area contributed by atoms with Crippen LogP contribution >= 0.6 is 12.8 Å². The van der Waals surface area contributed by atoms with Gasteiger partial charge >= 0.3 is 11.9 Å². The summed E-state index contributed by atoms with van der Waals surface area (Å²) in [7, 11) is 5.93. The van der Waals surface area contributed by atoms with Crippen molar-refractivity contribution in [2.75, 3.05) is 68.0 Å². The fourth-order valence-corrected chi connectivity index (χ4v) is 1.62. The number of hydrogen-bond acceptors (Lipinski definition) is 9. The number of amides is 2. The SMILES string of the molecule is COCC(=O)NS.COCCCCC(=O)O.COCCN(CC(=O)O)C(=O)COC. The predicted octanol–water partition coefficient (Wildman–Crippen LogP) is -0.326. The minimum Gasteiger partial charge on any atom is -0.481 e. The molecule has 0 saturated heterocycles. The van der Waals surface area contributed by atoms with E-state index in [4.69, 9.17) is 19.7 Å². The standard InChI is InChI=1S/C8H15NO5.C6H12O3.C3H7NO2S/c1-13-4-3-9(5-8(11)12)7(10)6-14-2;1-9-5-3-2-4-6(7)8;1-6-2-3(5)4-7/h3-6H2,1-2H3,(H,11,12);2-5H2,1H3,(H,7,8);7H,2H2,1H3,(H,4,5). The minimum absolute atomic E-state index is 0.0729. The largest absolute Gasteiger partial charge is 0.481 e. The van der Waals surface area contributed by atoms with E-state index in [1.165, 1.54) is 26.2 Å². The van der Waals surface area contributed by atoms with Crippen LogP contribution in [0.1, 0.15) is 19.3 Å². The highest BCUT2D eigenvalue weighted by Gasteiger charge is 2.15. The number of nitrogens with one attached hydrogen (secondary N) is 1. The third-order valence-electron chi connectivity index (χ3n) is 2.90. The van der Waals surface area contributed by atoms with Crippen LogP contribution in [0.3, 0.4) is 0 Å². The Morgan fingerprint density at radius 1 is 0.833 bits per heavy atom. The molecule has 0 aromatic carbocycles. The molecule has 0 aromatic heterocycles. The summed E-state index contributed by atoms with van der Waals surface area (Å²) in [4.78, 5) is 42.9. The molecule has 178 valence electrons. The van der Waals surface area contributed by atoms with Crippen LogP contribution in [-0.2, 0) is 38.1 Å². The summed E-state index contributed by atoms with van der Waals surface area (Å²) in [5, 5.41) is 16.7. The van der Waals surface area contributed by atoms with Crippen molar-refractivity contribution in [1.82, 2.24) is 9.62 Å². The molecule has 2 amide bonds. The maximum atomic E-state index is 11.3. The van der Waals surface area contributed by atoms with Crippen molar-refractivity contribution >= 4 is 36.6 Å². The Kier molecular flexibility index (Phi) is 27.4. The number of hydrogen-bond donors (Lipinski definition) is 4. The Morgan fingerprint density at radius 2 is 1.40 bits per heavy atom. The van der Waals surface area contributed by atoms with Gasteiger partial charge in [-0.15, -0.1) is 0 Å². The zero-order valence-corrected chi connectivity index (χ0v) is 18.8. The highest BCUT2D eigenvalue weighted by atomic mass is 32.1. The number of carbonyl (C=O) groups excluding carboxylic acids is 2. The van der Waals surface area contributed by atoms with Crippen molar-refractivity contribution < 1.29 is 48.3 Å². The normalized spacial score (nSPS) is 9.37. The zero-order chi connectivity index (χ0) is 23.8. The Hall–Kier alpha value is -1.93. The van der Waals surface area contributed by atoms with Crippen LogP contribution in [-0.4, -0.2) is 107 Å². The first-order valence-corrected chi connectivity index (χ1v) is 9.24. The molecule has 0 bridgehead atoms. The van der Waals surface area contributed by atoms with Crippen LogP contribution in [0.15, 0.2) is 0 Å². The summed E-state index contributed by atoms with van der Waals surface area (Å²) in [6.07, 6.45) is 1.80. The number of carbonyl (C=O) groups is 4. The van der Waals surface area contributed by atoms with Gasteiger partial charge in [0.1, 0.15) is 19.8 Å². The van der Waals surface area contributed by atoms with Gasteiger partial charge in [0.25, 0.3) is 5.91 Å². The molecule has 0 heterocycles. The van der Waals surface area contributed by atoms with E-state index in [0.717, 1.165) is 6.42 Å². The highest BCUT2D eigenvalue weighted by Crippen LogP contribution is 1.94. The number of methoxy groups -OCH3 is 4. The second kappa shape index (κ2) is 25.1. The van der Waals surface area contributed by atoms with Crippen LogP contribution in [0, 0.1) is 0 Å². The number of aliphatic carboxylic acids is 2. The lowest BCUT2D eigenvalue weighted by atomic mass is 10.2. The molecule has 0 spiro atoms. The van der Waals surface area contributed by atoms with Gasteiger partial charge < -0.3 is 38.8 Å². The van der Waals surface area contributed by atoms with Crippen molar-refractivity contribution in [3.8, 4) is 0 Å². The van der Waals surface area contributed by atoms with Crippen molar-refractivity contribution in [2.45, 2.75) is 19.3 Å². The lowest BCUT2D eigenvalue weighted by Crippen LogP contribution is -2.39. The molecule has 13 heteroatoms. The average Bonchev–Trinajstić information content (AvgIpc) is 2.69. The number of carboxylic acids is 2. The van der Waals surface area contributed by atoms with E-state index in [2.05, 4.69) is 27.0 Å². The van der Waals surface area contributed by atoms with E-state index in [1.54, 1.807) is 7.11 Å². The van der Waals surface area contributed by atoms with Crippen molar-refractivity contribution in [2.24, 2.45) is 0 Å². The summed E-state index contributed by atoms with van der Waals surface area (Å²) in [5.41, 5.74) is 0. The minimum atomic E-state index is -1.05. The first kappa shape index (κ1) is 32.7. The molecule has 0 fully saturated rings. The van der Waals surface area contributed by atoms with Gasteiger partial charge in [0, 0.05) is 48.0 Å². The van der Waals surface area contributed by atoms with Gasteiger partial charge in [-0.05, 0) is 12.8 Å². The molecule has 0 rings (SSSR count). The summed E-state index contributed by atoms with van der Waals surface area (Å²) in [5.74, 6) is -2.37. The van der Waals surface area contributed by atoms with Gasteiger partial charge in [-0.2, -0.15) is 0 Å². The lowest BCUT2D eigenvalue weighted by molar-refractivity contribution is -0.146. The van der Waals surface area contributed by atoms with E-state index >= 15 is 0 Å². The van der Waals surface area contributed by atoms with Crippen LogP contribution in [0.5, 0.6) is 0 Å². The fourth-order valence-electron chi connectivity index (χ4n) is 1.56. The van der Waals surface area contributed by atoms with E-state index in [0.29, 0.717) is 19.6 Å². The molecule has 0 saturated carbocycles. The van der Waals surface area contributed by atoms with Crippen LogP contribution in [0.2, 0.25) is 0 Å². The number of nitrogens with zero attached hydrogens (tertiary/aromatic N) is 1. The van der Waals surface area contributed by atoms with Gasteiger partial charge in [0.05, 0.1) is 6.61 Å². The molecule has 0 atom stereocenters. The smallest absolute Gasteiger partial charge is 0.323 e. The molecule has 0 aliphatic heterocycles. The predicted molar refractivity (Wildman–Crippen MR) is 110 cm³/mol. The van der Waals surface area contributed by atoms with Gasteiger partial charge in [-0.25, -0.2) is 0 Å². The zero-order valence-electron chi connectivity index (χ0n) is 17.9. The Balaban J connectivity index is -0.000000393.